The summed E-state index contributed by atoms with van der Waals surface area (Å²) in [6, 6.07) is 10.9. The number of hydrogen-bond donors (Lipinski definition) is 2. The fourth-order valence-corrected chi connectivity index (χ4v) is 3.01. The van der Waals surface area contributed by atoms with Crippen LogP contribution < -0.4 is 4.74 Å². The van der Waals surface area contributed by atoms with Crippen molar-refractivity contribution in [3.05, 3.63) is 53.1 Å². The average Bonchev–Trinajstić information content (AvgIpc) is 2.99. The molecule has 0 saturated heterocycles. The number of hydrogen-bond acceptors (Lipinski definition) is 4. The molecule has 0 aliphatic rings. The summed E-state index contributed by atoms with van der Waals surface area (Å²) >= 11 is 0. The minimum Gasteiger partial charge on any atom is -0.493 e. The molecule has 1 aromatic heterocycles. The van der Waals surface area contributed by atoms with Gasteiger partial charge in [0.1, 0.15) is 11.3 Å². The Kier molecular flexibility index (Phi) is 4.50. The molecule has 0 radical (unpaired) electrons. The lowest BCUT2D eigenvalue weighted by molar-refractivity contribution is 0.0699. The first-order valence-corrected chi connectivity index (χ1v) is 8.34. The Hall–Kier alpha value is -2.79. The van der Waals surface area contributed by atoms with Crippen molar-refractivity contribution < 1.29 is 24.2 Å². The van der Waals surface area contributed by atoms with Crippen LogP contribution >= 0.6 is 0 Å². The number of carboxylic acids is 1. The molecule has 3 rings (SSSR count). The van der Waals surface area contributed by atoms with Gasteiger partial charge in [0.25, 0.3) is 0 Å². The summed E-state index contributed by atoms with van der Waals surface area (Å²) < 4.78 is 11.2. The number of aromatic carboxylic acids is 1. The molecule has 5 nitrogen and oxygen atoms in total. The number of fused-ring (bicyclic) bond motifs is 1. The third-order valence-corrected chi connectivity index (χ3v) is 4.44. The standard InChI is InChI=1S/C21H22O5/c1-21(2,3)14-7-5-13(6-8-14)18-17(20(23)24)15-9-12(11-22)10-16(25-4)19(15)26-18/h5-10,22H,11H2,1-4H3,(H,23,24). The molecule has 0 aliphatic heterocycles. The highest BCUT2D eigenvalue weighted by atomic mass is 16.5. The fraction of sp³-hybridized carbons (Fsp3) is 0.286. The normalized spacial score (nSPS) is 11.7. The van der Waals surface area contributed by atoms with Gasteiger partial charge in [-0.25, -0.2) is 4.79 Å². The van der Waals surface area contributed by atoms with E-state index >= 15 is 0 Å². The summed E-state index contributed by atoms with van der Waals surface area (Å²) in [5.41, 5.74) is 2.82. The topological polar surface area (TPSA) is 79.9 Å². The molecule has 0 atom stereocenters. The molecule has 0 aliphatic carbocycles. The zero-order valence-electron chi connectivity index (χ0n) is 15.3. The monoisotopic (exact) mass is 354 g/mol. The molecule has 2 N–H and O–H groups in total. The van der Waals surface area contributed by atoms with Crippen LogP contribution in [0.4, 0.5) is 0 Å². The molecule has 0 amide bonds. The van der Waals surface area contributed by atoms with Gasteiger partial charge in [-0.05, 0) is 28.7 Å². The number of carbonyl (C=O) groups is 1. The highest BCUT2D eigenvalue weighted by Gasteiger charge is 2.25. The molecule has 1 heterocycles. The van der Waals surface area contributed by atoms with Crippen LogP contribution in [0.3, 0.4) is 0 Å². The Labute approximate surface area is 151 Å². The number of carboxylic acid groups (broad SMARTS) is 1. The van der Waals surface area contributed by atoms with Crippen molar-refractivity contribution in [3.8, 4) is 17.1 Å². The highest BCUT2D eigenvalue weighted by molar-refractivity contribution is 6.09. The van der Waals surface area contributed by atoms with Crippen LogP contribution in [0.1, 0.15) is 42.3 Å². The van der Waals surface area contributed by atoms with Gasteiger partial charge in [-0.2, -0.15) is 0 Å². The van der Waals surface area contributed by atoms with Crippen molar-refractivity contribution in [2.24, 2.45) is 0 Å². The number of ether oxygens (including phenoxy) is 1. The third-order valence-electron chi connectivity index (χ3n) is 4.44. The maximum absolute atomic E-state index is 11.9. The molecule has 26 heavy (non-hydrogen) atoms. The van der Waals surface area contributed by atoms with Gasteiger partial charge in [0.05, 0.1) is 13.7 Å². The van der Waals surface area contributed by atoms with E-state index in [0.29, 0.717) is 27.8 Å². The molecule has 5 heteroatoms. The second-order valence-corrected chi connectivity index (χ2v) is 7.27. The van der Waals surface area contributed by atoms with Crippen LogP contribution in [0.25, 0.3) is 22.3 Å². The van der Waals surface area contributed by atoms with Crippen molar-refractivity contribution in [1.29, 1.82) is 0 Å². The van der Waals surface area contributed by atoms with E-state index in [1.807, 2.05) is 24.3 Å². The van der Waals surface area contributed by atoms with E-state index in [9.17, 15) is 15.0 Å². The van der Waals surface area contributed by atoms with Gasteiger partial charge in [-0.1, -0.05) is 45.0 Å². The number of rotatable bonds is 4. The van der Waals surface area contributed by atoms with E-state index in [4.69, 9.17) is 9.15 Å². The summed E-state index contributed by atoms with van der Waals surface area (Å²) in [5.74, 6) is -0.413. The third kappa shape index (κ3) is 3.06. The number of aliphatic hydroxyl groups excluding tert-OH is 1. The van der Waals surface area contributed by atoms with Gasteiger partial charge in [0.15, 0.2) is 11.3 Å². The van der Waals surface area contributed by atoms with Gasteiger partial charge in [0, 0.05) is 10.9 Å². The van der Waals surface area contributed by atoms with Crippen molar-refractivity contribution in [1.82, 2.24) is 0 Å². The SMILES string of the molecule is COc1cc(CO)cc2c(C(=O)O)c(-c3ccc(C(C)(C)C)cc3)oc12. The van der Waals surface area contributed by atoms with Gasteiger partial charge in [-0.3, -0.25) is 0 Å². The second-order valence-electron chi connectivity index (χ2n) is 7.27. The smallest absolute Gasteiger partial charge is 0.340 e. The molecule has 0 fully saturated rings. The largest absolute Gasteiger partial charge is 0.493 e. The van der Waals surface area contributed by atoms with Crippen LogP contribution in [0, 0.1) is 0 Å². The maximum atomic E-state index is 11.9. The van der Waals surface area contributed by atoms with Crippen LogP contribution in [-0.2, 0) is 12.0 Å². The Morgan fingerprint density at radius 3 is 2.31 bits per heavy atom. The summed E-state index contributed by atoms with van der Waals surface area (Å²) in [4.78, 5) is 11.9. The average molecular weight is 354 g/mol. The molecule has 0 spiro atoms. The minimum atomic E-state index is -1.09. The number of benzene rings is 2. The maximum Gasteiger partial charge on any atom is 0.340 e. The molecule has 2 aromatic carbocycles. The molecular formula is C21H22O5. The summed E-state index contributed by atoms with van der Waals surface area (Å²) in [7, 11) is 1.48. The van der Waals surface area contributed by atoms with E-state index in [0.717, 1.165) is 5.56 Å². The second kappa shape index (κ2) is 6.50. The molecule has 0 saturated carbocycles. The molecule has 136 valence electrons. The van der Waals surface area contributed by atoms with E-state index in [1.165, 1.54) is 7.11 Å². The molecular weight excluding hydrogens is 332 g/mol. The Bertz CT molecular complexity index is 959. The summed E-state index contributed by atoms with van der Waals surface area (Å²) in [5, 5.41) is 19.6. The fourth-order valence-electron chi connectivity index (χ4n) is 3.01. The molecule has 3 aromatic rings. The Balaban J connectivity index is 2.26. The van der Waals surface area contributed by atoms with Crippen molar-refractivity contribution in [2.75, 3.05) is 7.11 Å². The zero-order chi connectivity index (χ0) is 19.1. The first kappa shape index (κ1) is 18.0. The van der Waals surface area contributed by atoms with Crippen LogP contribution in [0.2, 0.25) is 0 Å². The van der Waals surface area contributed by atoms with Crippen LogP contribution in [-0.4, -0.2) is 23.3 Å². The lowest BCUT2D eigenvalue weighted by Crippen LogP contribution is -2.10. The number of furan rings is 1. The lowest BCUT2D eigenvalue weighted by atomic mass is 9.86. The first-order valence-electron chi connectivity index (χ1n) is 8.34. The summed E-state index contributed by atoms with van der Waals surface area (Å²) in [6.07, 6.45) is 0. The number of aliphatic hydroxyl groups is 1. The van der Waals surface area contributed by atoms with E-state index in [1.54, 1.807) is 12.1 Å². The van der Waals surface area contributed by atoms with E-state index in [2.05, 4.69) is 20.8 Å². The Morgan fingerprint density at radius 1 is 1.15 bits per heavy atom. The predicted octanol–water partition coefficient (Wildman–Crippen LogP) is 4.60. The van der Waals surface area contributed by atoms with Crippen molar-refractivity contribution in [2.45, 2.75) is 32.8 Å². The van der Waals surface area contributed by atoms with Gasteiger partial charge < -0.3 is 19.4 Å². The van der Waals surface area contributed by atoms with Gasteiger partial charge >= 0.3 is 5.97 Å². The molecule has 0 bridgehead atoms. The lowest BCUT2D eigenvalue weighted by Gasteiger charge is -2.18. The Morgan fingerprint density at radius 2 is 1.81 bits per heavy atom. The quantitative estimate of drug-likeness (QED) is 0.716. The minimum absolute atomic E-state index is 0.00127. The highest BCUT2D eigenvalue weighted by Crippen LogP contribution is 2.39. The van der Waals surface area contributed by atoms with Gasteiger partial charge in [-0.15, -0.1) is 0 Å². The zero-order valence-corrected chi connectivity index (χ0v) is 15.3. The van der Waals surface area contributed by atoms with Crippen LogP contribution in [0.5, 0.6) is 5.75 Å². The first-order chi connectivity index (χ1) is 12.3. The van der Waals surface area contributed by atoms with Crippen LogP contribution in [0.15, 0.2) is 40.8 Å². The number of methoxy groups -OCH3 is 1. The summed E-state index contributed by atoms with van der Waals surface area (Å²) in [6.45, 7) is 6.14. The van der Waals surface area contributed by atoms with Gasteiger partial charge in [0.2, 0.25) is 0 Å². The van der Waals surface area contributed by atoms with Crippen molar-refractivity contribution in [3.63, 3.8) is 0 Å². The predicted molar refractivity (Wildman–Crippen MR) is 99.8 cm³/mol. The van der Waals surface area contributed by atoms with E-state index in [-0.39, 0.29) is 23.3 Å². The van der Waals surface area contributed by atoms with Crippen molar-refractivity contribution >= 4 is 16.9 Å². The molecule has 0 unspecified atom stereocenters. The van der Waals surface area contributed by atoms with E-state index < -0.39 is 5.97 Å².